The standard InChI is InChI=1S/C22H24FN3O3S/c1-22(17-6-9-25(10-7-17)19(27)12-16-8-11-30-14-16)20(28)26(21(29)24-22)13-15-2-4-18(23)5-3-15/h2-5,8,11,14,17H,6-7,9-10,12-13H2,1H3,(H,24,29)/t22-/m0/s1. The number of carbonyl (C=O) groups is 3. The number of hydrogen-bond acceptors (Lipinski definition) is 4. The normalized spacial score (nSPS) is 22.5. The van der Waals surface area contributed by atoms with Gasteiger partial charge in [-0.05, 0) is 65.8 Å². The summed E-state index contributed by atoms with van der Waals surface area (Å²) in [5, 5.41) is 6.81. The molecule has 2 aliphatic rings. The van der Waals surface area contributed by atoms with Crippen molar-refractivity contribution in [2.45, 2.75) is 38.3 Å². The quantitative estimate of drug-likeness (QED) is 0.743. The molecule has 1 N–H and O–H groups in total. The Morgan fingerprint density at radius 2 is 1.87 bits per heavy atom. The number of thiophene rings is 1. The number of piperidine rings is 1. The fourth-order valence-electron chi connectivity index (χ4n) is 4.29. The van der Waals surface area contributed by atoms with E-state index in [1.807, 2.05) is 21.7 Å². The first kappa shape index (κ1) is 20.5. The van der Waals surface area contributed by atoms with Crippen molar-refractivity contribution in [1.29, 1.82) is 0 Å². The van der Waals surface area contributed by atoms with E-state index >= 15 is 0 Å². The Hall–Kier alpha value is -2.74. The summed E-state index contributed by atoms with van der Waals surface area (Å²) in [4.78, 5) is 41.2. The Morgan fingerprint density at radius 3 is 2.50 bits per heavy atom. The molecule has 30 heavy (non-hydrogen) atoms. The number of urea groups is 1. The van der Waals surface area contributed by atoms with Gasteiger partial charge in [-0.3, -0.25) is 14.5 Å². The maximum absolute atomic E-state index is 13.1. The highest BCUT2D eigenvalue weighted by atomic mass is 32.1. The van der Waals surface area contributed by atoms with Crippen LogP contribution in [0.2, 0.25) is 0 Å². The lowest BCUT2D eigenvalue weighted by molar-refractivity contribution is -0.135. The van der Waals surface area contributed by atoms with Gasteiger partial charge < -0.3 is 10.2 Å². The predicted molar refractivity (Wildman–Crippen MR) is 111 cm³/mol. The fourth-order valence-corrected chi connectivity index (χ4v) is 4.96. The molecule has 4 rings (SSSR count). The minimum atomic E-state index is -0.986. The van der Waals surface area contributed by atoms with Gasteiger partial charge in [0, 0.05) is 13.1 Å². The fraction of sp³-hybridized carbons (Fsp3) is 0.409. The van der Waals surface area contributed by atoms with E-state index in [1.54, 1.807) is 30.4 Å². The molecular formula is C22H24FN3O3S. The summed E-state index contributed by atoms with van der Waals surface area (Å²) in [6.45, 7) is 3.03. The third kappa shape index (κ3) is 3.96. The number of rotatable bonds is 5. The Kier molecular flexibility index (Phi) is 5.60. The van der Waals surface area contributed by atoms with Crippen LogP contribution in [0.4, 0.5) is 9.18 Å². The second-order valence-electron chi connectivity index (χ2n) is 8.11. The lowest BCUT2D eigenvalue weighted by Crippen LogP contribution is -2.54. The van der Waals surface area contributed by atoms with Crippen LogP contribution in [0.15, 0.2) is 41.1 Å². The number of hydrogen-bond donors (Lipinski definition) is 1. The topological polar surface area (TPSA) is 69.7 Å². The summed E-state index contributed by atoms with van der Waals surface area (Å²) < 4.78 is 13.1. The van der Waals surface area contributed by atoms with Crippen LogP contribution in [-0.4, -0.2) is 46.3 Å². The van der Waals surface area contributed by atoms with E-state index in [0.717, 1.165) is 5.56 Å². The molecule has 158 valence electrons. The molecule has 8 heteroatoms. The molecule has 0 spiro atoms. The number of nitrogens with zero attached hydrogens (tertiary/aromatic N) is 2. The van der Waals surface area contributed by atoms with Gasteiger partial charge >= 0.3 is 6.03 Å². The first-order chi connectivity index (χ1) is 14.4. The zero-order valence-electron chi connectivity index (χ0n) is 16.8. The van der Waals surface area contributed by atoms with Crippen molar-refractivity contribution in [2.75, 3.05) is 13.1 Å². The van der Waals surface area contributed by atoms with Gasteiger partial charge in [0.15, 0.2) is 0 Å². The van der Waals surface area contributed by atoms with Crippen LogP contribution in [0.25, 0.3) is 0 Å². The number of likely N-dealkylation sites (tertiary alicyclic amines) is 1. The van der Waals surface area contributed by atoms with E-state index in [4.69, 9.17) is 0 Å². The first-order valence-corrected chi connectivity index (χ1v) is 11.0. The lowest BCUT2D eigenvalue weighted by Gasteiger charge is -2.39. The summed E-state index contributed by atoms with van der Waals surface area (Å²) in [5.41, 5.74) is 0.728. The Bertz CT molecular complexity index is 939. The minimum absolute atomic E-state index is 0.0441. The van der Waals surface area contributed by atoms with Crippen LogP contribution in [0.3, 0.4) is 0 Å². The molecule has 0 unspecified atom stereocenters. The number of amides is 4. The van der Waals surface area contributed by atoms with E-state index in [2.05, 4.69) is 5.32 Å². The zero-order valence-corrected chi connectivity index (χ0v) is 17.6. The van der Waals surface area contributed by atoms with Crippen molar-refractivity contribution in [3.63, 3.8) is 0 Å². The highest BCUT2D eigenvalue weighted by Gasteiger charge is 2.52. The molecule has 1 atom stereocenters. The summed E-state index contributed by atoms with van der Waals surface area (Å²) in [7, 11) is 0. The van der Waals surface area contributed by atoms with Crippen molar-refractivity contribution >= 4 is 29.2 Å². The summed E-state index contributed by atoms with van der Waals surface area (Å²) in [6, 6.07) is 7.30. The van der Waals surface area contributed by atoms with Crippen molar-refractivity contribution < 1.29 is 18.8 Å². The van der Waals surface area contributed by atoms with Crippen molar-refractivity contribution in [2.24, 2.45) is 5.92 Å². The first-order valence-electron chi connectivity index (χ1n) is 10.0. The smallest absolute Gasteiger partial charge is 0.325 e. The monoisotopic (exact) mass is 429 g/mol. The van der Waals surface area contributed by atoms with Crippen LogP contribution in [-0.2, 0) is 22.6 Å². The summed E-state index contributed by atoms with van der Waals surface area (Å²) >= 11 is 1.58. The molecule has 2 aromatic rings. The van der Waals surface area contributed by atoms with E-state index in [9.17, 15) is 18.8 Å². The van der Waals surface area contributed by atoms with Crippen molar-refractivity contribution in [3.8, 4) is 0 Å². The average molecular weight is 430 g/mol. The van der Waals surface area contributed by atoms with Gasteiger partial charge in [0.1, 0.15) is 11.4 Å². The Balaban J connectivity index is 1.38. The third-order valence-electron chi connectivity index (χ3n) is 6.15. The highest BCUT2D eigenvalue weighted by Crippen LogP contribution is 2.34. The van der Waals surface area contributed by atoms with Gasteiger partial charge in [0.25, 0.3) is 5.91 Å². The van der Waals surface area contributed by atoms with E-state index in [0.29, 0.717) is 37.9 Å². The largest absolute Gasteiger partial charge is 0.342 e. The third-order valence-corrected chi connectivity index (χ3v) is 6.89. The van der Waals surface area contributed by atoms with Crippen LogP contribution in [0.1, 0.15) is 30.9 Å². The number of carbonyl (C=O) groups excluding carboxylic acids is 3. The van der Waals surface area contributed by atoms with E-state index in [1.165, 1.54) is 17.0 Å². The molecule has 0 saturated carbocycles. The van der Waals surface area contributed by atoms with Crippen LogP contribution < -0.4 is 5.32 Å². The highest BCUT2D eigenvalue weighted by molar-refractivity contribution is 7.08. The second kappa shape index (κ2) is 8.18. The lowest BCUT2D eigenvalue weighted by atomic mass is 9.78. The second-order valence-corrected chi connectivity index (χ2v) is 8.89. The van der Waals surface area contributed by atoms with Gasteiger partial charge in [0.2, 0.25) is 5.91 Å². The van der Waals surface area contributed by atoms with E-state index in [-0.39, 0.29) is 30.1 Å². The predicted octanol–water partition coefficient (Wildman–Crippen LogP) is 3.18. The van der Waals surface area contributed by atoms with Gasteiger partial charge in [-0.25, -0.2) is 9.18 Å². The molecule has 1 aromatic heterocycles. The van der Waals surface area contributed by atoms with Crippen molar-refractivity contribution in [3.05, 3.63) is 58.0 Å². The van der Waals surface area contributed by atoms with Gasteiger partial charge in [-0.2, -0.15) is 11.3 Å². The van der Waals surface area contributed by atoms with Crippen molar-refractivity contribution in [1.82, 2.24) is 15.1 Å². The summed E-state index contributed by atoms with van der Waals surface area (Å²) in [5.74, 6) is -0.574. The van der Waals surface area contributed by atoms with Gasteiger partial charge in [0.05, 0.1) is 13.0 Å². The Labute approximate surface area is 178 Å². The summed E-state index contributed by atoms with van der Waals surface area (Å²) in [6.07, 6.45) is 1.71. The maximum atomic E-state index is 13.1. The van der Waals surface area contributed by atoms with Crippen LogP contribution in [0, 0.1) is 11.7 Å². The molecule has 6 nitrogen and oxygen atoms in total. The van der Waals surface area contributed by atoms with Crippen LogP contribution in [0.5, 0.6) is 0 Å². The molecule has 2 fully saturated rings. The molecule has 2 aliphatic heterocycles. The average Bonchev–Trinajstić information content (AvgIpc) is 3.32. The molecule has 0 bridgehead atoms. The molecule has 0 aliphatic carbocycles. The zero-order chi connectivity index (χ0) is 21.3. The minimum Gasteiger partial charge on any atom is -0.342 e. The molecule has 2 saturated heterocycles. The number of nitrogens with one attached hydrogen (secondary N) is 1. The van der Waals surface area contributed by atoms with E-state index < -0.39 is 11.6 Å². The Morgan fingerprint density at radius 1 is 1.17 bits per heavy atom. The molecule has 0 radical (unpaired) electrons. The number of imide groups is 1. The molecular weight excluding hydrogens is 405 g/mol. The molecule has 3 heterocycles. The molecule has 4 amide bonds. The number of halogens is 1. The van der Waals surface area contributed by atoms with Gasteiger partial charge in [-0.15, -0.1) is 0 Å². The SMILES string of the molecule is C[C@@]1(C2CCN(C(=O)Cc3ccsc3)CC2)NC(=O)N(Cc2ccc(F)cc2)C1=O. The van der Waals surface area contributed by atoms with Gasteiger partial charge in [-0.1, -0.05) is 12.1 Å². The maximum Gasteiger partial charge on any atom is 0.325 e. The number of benzene rings is 1. The van der Waals surface area contributed by atoms with Crippen LogP contribution >= 0.6 is 11.3 Å². The molecule has 1 aromatic carbocycles.